The molecule has 2 aromatic heterocycles. The van der Waals surface area contributed by atoms with Crippen LogP contribution in [0.2, 0.25) is 5.02 Å². The summed E-state index contributed by atoms with van der Waals surface area (Å²) in [5, 5.41) is 16.5. The molecule has 5 rings (SSSR count). The fraction of sp³-hybridized carbons (Fsp3) is 0.522. The molecule has 0 radical (unpaired) electrons. The second-order valence-electron chi connectivity index (χ2n) is 9.81. The van der Waals surface area contributed by atoms with E-state index in [1.807, 2.05) is 12.1 Å². The number of nitrogens with one attached hydrogen (secondary N) is 2. The highest BCUT2D eigenvalue weighted by molar-refractivity contribution is 6.33. The minimum Gasteiger partial charge on any atom is -0.335 e. The average Bonchev–Trinajstić information content (AvgIpc) is 3.42. The molecule has 2 N–H and O–H groups in total. The Labute approximate surface area is 181 Å². The van der Waals surface area contributed by atoms with Crippen LogP contribution in [0, 0.1) is 34.5 Å². The van der Waals surface area contributed by atoms with E-state index in [2.05, 4.69) is 40.1 Å². The van der Waals surface area contributed by atoms with E-state index < -0.39 is 0 Å². The van der Waals surface area contributed by atoms with Crippen LogP contribution in [0.5, 0.6) is 0 Å². The number of nitrogens with zero attached hydrogens (tertiary/aromatic N) is 3. The zero-order chi connectivity index (χ0) is 21.0. The number of amides is 1. The molecule has 0 spiro atoms. The third kappa shape index (κ3) is 3.30. The second-order valence-corrected chi connectivity index (χ2v) is 10.2. The van der Waals surface area contributed by atoms with Crippen LogP contribution < -0.4 is 10.6 Å². The predicted molar refractivity (Wildman–Crippen MR) is 116 cm³/mol. The summed E-state index contributed by atoms with van der Waals surface area (Å²) in [4.78, 5) is 17.2. The van der Waals surface area contributed by atoms with Gasteiger partial charge in [-0.3, -0.25) is 4.79 Å². The zero-order valence-corrected chi connectivity index (χ0v) is 18.1. The van der Waals surface area contributed by atoms with Gasteiger partial charge in [0.1, 0.15) is 17.6 Å². The fourth-order valence-electron chi connectivity index (χ4n) is 5.55. The first-order valence-electron chi connectivity index (χ1n) is 10.6. The normalized spacial score (nSPS) is 26.3. The molecule has 0 aromatic carbocycles. The van der Waals surface area contributed by atoms with Gasteiger partial charge in [0.2, 0.25) is 5.91 Å². The number of hydrogen-bond donors (Lipinski definition) is 2. The van der Waals surface area contributed by atoms with Crippen molar-refractivity contribution >= 4 is 23.3 Å². The lowest BCUT2D eigenvalue weighted by Crippen LogP contribution is -2.23. The number of halogens is 1. The van der Waals surface area contributed by atoms with Crippen LogP contribution in [0.15, 0.2) is 18.3 Å². The van der Waals surface area contributed by atoms with Crippen LogP contribution in [0.1, 0.15) is 38.1 Å². The molecule has 1 saturated heterocycles. The van der Waals surface area contributed by atoms with Gasteiger partial charge in [-0.1, -0.05) is 25.4 Å². The lowest BCUT2D eigenvalue weighted by atomic mass is 9.89. The van der Waals surface area contributed by atoms with Crippen LogP contribution in [-0.4, -0.2) is 28.5 Å². The van der Waals surface area contributed by atoms with E-state index in [4.69, 9.17) is 11.6 Å². The number of aromatic nitrogens is 2. The third-order valence-corrected chi connectivity index (χ3v) is 7.28. The molecular weight excluding hydrogens is 398 g/mol. The first-order chi connectivity index (χ1) is 14.3. The zero-order valence-electron chi connectivity index (χ0n) is 17.3. The minimum absolute atomic E-state index is 0.0473. The van der Waals surface area contributed by atoms with Gasteiger partial charge in [-0.2, -0.15) is 5.26 Å². The molecule has 3 aliphatic rings. The molecule has 2 fully saturated rings. The van der Waals surface area contributed by atoms with Gasteiger partial charge in [0.25, 0.3) is 0 Å². The van der Waals surface area contributed by atoms with Crippen molar-refractivity contribution in [1.82, 2.24) is 14.9 Å². The van der Waals surface area contributed by atoms with E-state index in [1.54, 1.807) is 6.20 Å². The van der Waals surface area contributed by atoms with Gasteiger partial charge in [0.05, 0.1) is 5.02 Å². The van der Waals surface area contributed by atoms with Gasteiger partial charge in [0, 0.05) is 35.5 Å². The summed E-state index contributed by atoms with van der Waals surface area (Å²) in [7, 11) is 0. The van der Waals surface area contributed by atoms with E-state index >= 15 is 0 Å². The summed E-state index contributed by atoms with van der Waals surface area (Å²) in [5.74, 6) is 1.85. The van der Waals surface area contributed by atoms with Gasteiger partial charge in [0.15, 0.2) is 0 Å². The number of carbonyl (C=O) groups is 1. The van der Waals surface area contributed by atoms with Gasteiger partial charge in [-0.15, -0.1) is 0 Å². The summed E-state index contributed by atoms with van der Waals surface area (Å²) in [6, 6.07) is 6.06. The number of carbonyl (C=O) groups excluding carboxylic acids is 1. The predicted octanol–water partition coefficient (Wildman–Crippen LogP) is 3.84. The maximum atomic E-state index is 12.8. The molecule has 6 nitrogen and oxygen atoms in total. The maximum absolute atomic E-state index is 12.8. The second kappa shape index (κ2) is 7.11. The standard InChI is InChI=1S/C23H26ClN5O/c1-23(2)7-20-18(5-16(8-25)29(20)12-23)17-6-21(27-11-19(17)24)28-22(30)13-3-14-9-26-10-15(14)4-13/h5-6,11,13-15,26H,3-4,7,9-10,12H2,1-2H3,(H,27,28,30)/t13?,14-,15?/m1/s1. The van der Waals surface area contributed by atoms with Crippen LogP contribution in [-0.2, 0) is 17.8 Å². The topological polar surface area (TPSA) is 82.7 Å². The molecule has 1 aliphatic carbocycles. The van der Waals surface area contributed by atoms with E-state index in [-0.39, 0.29) is 17.2 Å². The van der Waals surface area contributed by atoms with E-state index in [0.29, 0.717) is 28.4 Å². The highest BCUT2D eigenvalue weighted by Gasteiger charge is 2.40. The van der Waals surface area contributed by atoms with E-state index in [0.717, 1.165) is 55.7 Å². The van der Waals surface area contributed by atoms with Crippen molar-refractivity contribution in [2.24, 2.45) is 23.2 Å². The summed E-state index contributed by atoms with van der Waals surface area (Å²) in [6.07, 6.45) is 4.36. The highest BCUT2D eigenvalue weighted by atomic mass is 35.5. The third-order valence-electron chi connectivity index (χ3n) is 6.98. The number of hydrogen-bond acceptors (Lipinski definition) is 4. The van der Waals surface area contributed by atoms with Crippen molar-refractivity contribution < 1.29 is 4.79 Å². The molecule has 1 amide bonds. The molecule has 2 unspecified atom stereocenters. The van der Waals surface area contributed by atoms with Gasteiger partial charge in [-0.25, -0.2) is 4.98 Å². The van der Waals surface area contributed by atoms with Crippen LogP contribution >= 0.6 is 11.6 Å². The molecule has 3 atom stereocenters. The molecule has 156 valence electrons. The van der Waals surface area contributed by atoms with Gasteiger partial charge in [-0.05, 0) is 61.7 Å². The Morgan fingerprint density at radius 2 is 2.03 bits per heavy atom. The summed E-state index contributed by atoms with van der Waals surface area (Å²) >= 11 is 6.51. The minimum atomic E-state index is 0.0473. The number of fused-ring (bicyclic) bond motifs is 2. The lowest BCUT2D eigenvalue weighted by Gasteiger charge is -2.16. The Morgan fingerprint density at radius 1 is 1.30 bits per heavy atom. The summed E-state index contributed by atoms with van der Waals surface area (Å²) in [5.41, 5.74) is 3.65. The molecule has 2 aliphatic heterocycles. The molecular formula is C23H26ClN5O. The number of pyridine rings is 1. The number of anilines is 1. The monoisotopic (exact) mass is 423 g/mol. The molecule has 2 aromatic rings. The van der Waals surface area contributed by atoms with Crippen molar-refractivity contribution in [3.63, 3.8) is 0 Å². The average molecular weight is 424 g/mol. The molecule has 30 heavy (non-hydrogen) atoms. The smallest absolute Gasteiger partial charge is 0.228 e. The van der Waals surface area contributed by atoms with Crippen molar-refractivity contribution in [3.05, 3.63) is 34.7 Å². The first-order valence-corrected chi connectivity index (χ1v) is 11.0. The quantitative estimate of drug-likeness (QED) is 0.785. The Balaban J connectivity index is 1.42. The summed E-state index contributed by atoms with van der Waals surface area (Å²) in [6.45, 7) is 7.27. The van der Waals surface area contributed by atoms with Crippen molar-refractivity contribution in [3.8, 4) is 17.2 Å². The number of rotatable bonds is 3. The highest BCUT2D eigenvalue weighted by Crippen LogP contribution is 2.42. The van der Waals surface area contributed by atoms with E-state index in [1.165, 1.54) is 0 Å². The van der Waals surface area contributed by atoms with Gasteiger partial charge < -0.3 is 15.2 Å². The molecule has 0 bridgehead atoms. The van der Waals surface area contributed by atoms with Crippen molar-refractivity contribution in [1.29, 1.82) is 5.26 Å². The maximum Gasteiger partial charge on any atom is 0.228 e. The van der Waals surface area contributed by atoms with Gasteiger partial charge >= 0.3 is 0 Å². The lowest BCUT2D eigenvalue weighted by molar-refractivity contribution is -0.119. The van der Waals surface area contributed by atoms with Crippen LogP contribution in [0.4, 0.5) is 5.82 Å². The van der Waals surface area contributed by atoms with Crippen molar-refractivity contribution in [2.45, 2.75) is 39.7 Å². The number of nitriles is 1. The largest absolute Gasteiger partial charge is 0.335 e. The Hall–Kier alpha value is -2.36. The fourth-order valence-corrected chi connectivity index (χ4v) is 5.75. The Bertz CT molecular complexity index is 1050. The SMILES string of the molecule is CC1(C)Cc2c(-c3cc(NC(=O)C4CC5CNC[C@H]5C4)ncc3Cl)cc(C#N)n2C1. The van der Waals surface area contributed by atoms with E-state index in [9.17, 15) is 10.1 Å². The molecule has 7 heteroatoms. The Kier molecular flexibility index (Phi) is 4.64. The van der Waals surface area contributed by atoms with Crippen LogP contribution in [0.25, 0.3) is 11.1 Å². The first kappa shape index (κ1) is 19.6. The summed E-state index contributed by atoms with van der Waals surface area (Å²) < 4.78 is 2.09. The van der Waals surface area contributed by atoms with Crippen molar-refractivity contribution in [2.75, 3.05) is 18.4 Å². The Morgan fingerprint density at radius 3 is 2.73 bits per heavy atom. The molecule has 1 saturated carbocycles. The van der Waals surface area contributed by atoms with Crippen LogP contribution in [0.3, 0.4) is 0 Å². The molecule has 4 heterocycles.